The van der Waals surface area contributed by atoms with Gasteiger partial charge in [-0.3, -0.25) is 9.78 Å². The lowest BCUT2D eigenvalue weighted by Gasteiger charge is -2.29. The highest BCUT2D eigenvalue weighted by Crippen LogP contribution is 2.28. The molecule has 28 heavy (non-hydrogen) atoms. The van der Waals surface area contributed by atoms with Crippen LogP contribution in [0.2, 0.25) is 0 Å². The third-order valence-corrected chi connectivity index (χ3v) is 4.76. The van der Waals surface area contributed by atoms with Crippen LogP contribution >= 0.6 is 0 Å². The number of likely N-dealkylation sites (tertiary alicyclic amines) is 1. The van der Waals surface area contributed by atoms with E-state index in [1.54, 1.807) is 29.4 Å². The monoisotopic (exact) mass is 377 g/mol. The molecule has 2 aromatic heterocycles. The summed E-state index contributed by atoms with van der Waals surface area (Å²) in [6.07, 6.45) is 6.16. The normalized spacial score (nSPS) is 16.6. The molecule has 1 aliphatic rings. The van der Waals surface area contributed by atoms with E-state index in [9.17, 15) is 9.18 Å². The van der Waals surface area contributed by atoms with Crippen LogP contribution in [0, 0.1) is 5.82 Å². The Bertz CT molecular complexity index is 966. The number of halogens is 1. The van der Waals surface area contributed by atoms with Crippen molar-refractivity contribution in [2.75, 3.05) is 18.4 Å². The highest BCUT2D eigenvalue weighted by atomic mass is 19.1. The second-order valence-electron chi connectivity index (χ2n) is 6.81. The molecule has 6 nitrogen and oxygen atoms in total. The first kappa shape index (κ1) is 18.0. The number of pyridine rings is 1. The van der Waals surface area contributed by atoms with E-state index in [-0.39, 0.29) is 11.7 Å². The maximum atomic E-state index is 13.5. The number of piperidine rings is 1. The summed E-state index contributed by atoms with van der Waals surface area (Å²) in [4.78, 5) is 26.5. The highest BCUT2D eigenvalue weighted by molar-refractivity contribution is 5.65. The second-order valence-corrected chi connectivity index (χ2v) is 6.81. The van der Waals surface area contributed by atoms with Crippen LogP contribution in [0.25, 0.3) is 11.3 Å². The number of amides is 1. The van der Waals surface area contributed by atoms with Gasteiger partial charge in [0.05, 0.1) is 5.69 Å². The van der Waals surface area contributed by atoms with Crippen LogP contribution < -0.4 is 5.32 Å². The van der Waals surface area contributed by atoms with Gasteiger partial charge in [0.2, 0.25) is 6.41 Å². The Morgan fingerprint density at radius 1 is 1.18 bits per heavy atom. The lowest BCUT2D eigenvalue weighted by atomic mass is 9.97. The van der Waals surface area contributed by atoms with Crippen LogP contribution in [-0.4, -0.2) is 39.4 Å². The molecule has 0 saturated carbocycles. The van der Waals surface area contributed by atoms with Crippen molar-refractivity contribution in [2.24, 2.45) is 0 Å². The van der Waals surface area contributed by atoms with Crippen LogP contribution in [0.5, 0.6) is 0 Å². The minimum Gasteiger partial charge on any atom is -0.345 e. The largest absolute Gasteiger partial charge is 0.345 e. The predicted octanol–water partition coefficient (Wildman–Crippen LogP) is 3.76. The fraction of sp³-hybridized carbons (Fsp3) is 0.238. The van der Waals surface area contributed by atoms with E-state index in [0.717, 1.165) is 37.1 Å². The average molecular weight is 377 g/mol. The number of rotatable bonds is 5. The molecule has 1 fully saturated rings. The first-order chi connectivity index (χ1) is 13.7. The van der Waals surface area contributed by atoms with E-state index in [2.05, 4.69) is 15.3 Å². The topological polar surface area (TPSA) is 71.0 Å². The minimum absolute atomic E-state index is 0.0589. The van der Waals surface area contributed by atoms with Gasteiger partial charge in [0, 0.05) is 48.7 Å². The molecule has 3 aromatic rings. The van der Waals surface area contributed by atoms with Gasteiger partial charge in [-0.25, -0.2) is 14.4 Å². The Hall–Kier alpha value is -3.35. The number of hydrogen-bond acceptors (Lipinski definition) is 5. The zero-order valence-corrected chi connectivity index (χ0v) is 15.3. The summed E-state index contributed by atoms with van der Waals surface area (Å²) in [6, 6.07) is 11.9. The maximum Gasteiger partial charge on any atom is 0.209 e. The van der Waals surface area contributed by atoms with E-state index in [1.807, 2.05) is 18.2 Å². The molecular formula is C21H20FN5O. The van der Waals surface area contributed by atoms with Crippen molar-refractivity contribution >= 4 is 17.9 Å². The second kappa shape index (κ2) is 8.12. The first-order valence-corrected chi connectivity index (χ1v) is 9.22. The number of benzene rings is 1. The molecule has 0 aliphatic carbocycles. The van der Waals surface area contributed by atoms with Gasteiger partial charge in [-0.1, -0.05) is 6.07 Å². The lowest BCUT2D eigenvalue weighted by Crippen LogP contribution is -2.33. The maximum absolute atomic E-state index is 13.5. The predicted molar refractivity (Wildman–Crippen MR) is 105 cm³/mol. The summed E-state index contributed by atoms with van der Waals surface area (Å²) in [5.74, 6) is 0.994. The van der Waals surface area contributed by atoms with Gasteiger partial charge in [-0.05, 0) is 43.2 Å². The molecule has 1 amide bonds. The molecule has 0 bridgehead atoms. The number of aromatic nitrogens is 3. The number of nitrogens with one attached hydrogen (secondary N) is 1. The zero-order chi connectivity index (χ0) is 19.3. The summed E-state index contributed by atoms with van der Waals surface area (Å²) in [6.45, 7) is 1.36. The van der Waals surface area contributed by atoms with Crippen LogP contribution in [-0.2, 0) is 4.79 Å². The Balaban J connectivity index is 1.71. The third kappa shape index (κ3) is 4.14. The summed E-state index contributed by atoms with van der Waals surface area (Å²) < 4.78 is 13.5. The standard InChI is InChI=1S/C21H20FN5O/c22-17-6-1-7-18(10-17)24-20-11-19(15-4-2-8-23-12-15)25-21(26-20)16-5-3-9-27(13-16)14-28/h1-2,4,6-8,10-12,14,16H,3,5,9,13H2,(H,24,25,26). The van der Waals surface area contributed by atoms with E-state index in [1.165, 1.54) is 12.1 Å². The van der Waals surface area contributed by atoms with Gasteiger partial charge < -0.3 is 10.2 Å². The van der Waals surface area contributed by atoms with Crippen molar-refractivity contribution in [3.05, 3.63) is 66.5 Å². The molecule has 0 spiro atoms. The molecule has 7 heteroatoms. The zero-order valence-electron chi connectivity index (χ0n) is 15.3. The Kier molecular flexibility index (Phi) is 5.23. The molecule has 1 saturated heterocycles. The fourth-order valence-electron chi connectivity index (χ4n) is 3.40. The average Bonchev–Trinajstić information content (AvgIpc) is 2.74. The molecule has 1 N–H and O–H groups in total. The molecule has 1 aromatic carbocycles. The molecule has 1 atom stereocenters. The fourth-order valence-corrected chi connectivity index (χ4v) is 3.40. The highest BCUT2D eigenvalue weighted by Gasteiger charge is 2.24. The SMILES string of the molecule is O=CN1CCCC(c2nc(Nc3cccc(F)c3)cc(-c3cccnc3)n2)C1. The number of carbonyl (C=O) groups excluding carboxylic acids is 1. The number of hydrogen-bond donors (Lipinski definition) is 1. The van der Waals surface area contributed by atoms with E-state index < -0.39 is 0 Å². The number of nitrogens with zero attached hydrogens (tertiary/aromatic N) is 4. The van der Waals surface area contributed by atoms with E-state index in [0.29, 0.717) is 23.9 Å². The van der Waals surface area contributed by atoms with Crippen LogP contribution in [0.3, 0.4) is 0 Å². The summed E-state index contributed by atoms with van der Waals surface area (Å²) >= 11 is 0. The van der Waals surface area contributed by atoms with Gasteiger partial charge in [-0.15, -0.1) is 0 Å². The molecule has 142 valence electrons. The van der Waals surface area contributed by atoms with Crippen LogP contribution in [0.15, 0.2) is 54.9 Å². The molecule has 4 rings (SSSR count). The first-order valence-electron chi connectivity index (χ1n) is 9.22. The van der Waals surface area contributed by atoms with Crippen LogP contribution in [0.4, 0.5) is 15.9 Å². The van der Waals surface area contributed by atoms with Crippen LogP contribution in [0.1, 0.15) is 24.6 Å². The quantitative estimate of drug-likeness (QED) is 0.686. The molecule has 1 unspecified atom stereocenters. The molecule has 1 aliphatic heterocycles. The number of carbonyl (C=O) groups is 1. The Morgan fingerprint density at radius 2 is 2.11 bits per heavy atom. The molecular weight excluding hydrogens is 357 g/mol. The van der Waals surface area contributed by atoms with E-state index >= 15 is 0 Å². The van der Waals surface area contributed by atoms with Gasteiger partial charge in [0.15, 0.2) is 0 Å². The number of anilines is 2. The van der Waals surface area contributed by atoms with Crippen molar-refractivity contribution in [1.82, 2.24) is 19.9 Å². The van der Waals surface area contributed by atoms with Gasteiger partial charge in [0.25, 0.3) is 0 Å². The lowest BCUT2D eigenvalue weighted by molar-refractivity contribution is -0.119. The van der Waals surface area contributed by atoms with Crippen molar-refractivity contribution in [1.29, 1.82) is 0 Å². The molecule has 0 radical (unpaired) electrons. The smallest absolute Gasteiger partial charge is 0.209 e. The Morgan fingerprint density at radius 3 is 2.89 bits per heavy atom. The molecule has 3 heterocycles. The summed E-state index contributed by atoms with van der Waals surface area (Å²) in [5, 5.41) is 3.16. The van der Waals surface area contributed by atoms with Gasteiger partial charge in [-0.2, -0.15) is 0 Å². The van der Waals surface area contributed by atoms with Gasteiger partial charge in [0.1, 0.15) is 17.5 Å². The van der Waals surface area contributed by atoms with E-state index in [4.69, 9.17) is 4.98 Å². The third-order valence-electron chi connectivity index (χ3n) is 4.76. The van der Waals surface area contributed by atoms with Crippen molar-refractivity contribution in [3.63, 3.8) is 0 Å². The van der Waals surface area contributed by atoms with Crippen molar-refractivity contribution < 1.29 is 9.18 Å². The Labute approximate surface area is 162 Å². The minimum atomic E-state index is -0.319. The summed E-state index contributed by atoms with van der Waals surface area (Å²) in [5.41, 5.74) is 2.22. The van der Waals surface area contributed by atoms with Crippen molar-refractivity contribution in [3.8, 4) is 11.3 Å². The van der Waals surface area contributed by atoms with Crippen molar-refractivity contribution in [2.45, 2.75) is 18.8 Å². The van der Waals surface area contributed by atoms with Gasteiger partial charge >= 0.3 is 0 Å². The summed E-state index contributed by atoms with van der Waals surface area (Å²) in [7, 11) is 0.